The zero-order valence-electron chi connectivity index (χ0n) is 21.3. The SMILES string of the molecule is CCc1cccc(CNC[C@H](O)[C@H](Cc2cc(F)cc(F)c2)NC(=O)c2c(C)noc2-c2snnc2C)c1. The van der Waals surface area contributed by atoms with E-state index < -0.39 is 29.7 Å². The molecule has 0 aliphatic carbocycles. The molecule has 38 heavy (non-hydrogen) atoms. The highest BCUT2D eigenvalue weighted by Gasteiger charge is 2.29. The number of hydrogen-bond donors (Lipinski definition) is 3. The lowest BCUT2D eigenvalue weighted by Gasteiger charge is -2.25. The number of carbonyl (C=O) groups is 1. The maximum Gasteiger partial charge on any atom is 0.257 e. The Labute approximate surface area is 223 Å². The predicted molar refractivity (Wildman–Crippen MR) is 140 cm³/mol. The third kappa shape index (κ3) is 6.66. The van der Waals surface area contributed by atoms with E-state index in [1.54, 1.807) is 13.8 Å². The number of nitrogens with zero attached hydrogens (tertiary/aromatic N) is 3. The van der Waals surface area contributed by atoms with Crippen molar-refractivity contribution in [3.8, 4) is 10.6 Å². The maximum atomic E-state index is 13.9. The molecule has 0 fully saturated rings. The second-order valence-electron chi connectivity index (χ2n) is 9.09. The van der Waals surface area contributed by atoms with Gasteiger partial charge in [0.2, 0.25) is 0 Å². The van der Waals surface area contributed by atoms with Crippen LogP contribution in [0.4, 0.5) is 8.78 Å². The number of halogens is 2. The summed E-state index contributed by atoms with van der Waals surface area (Å²) in [6.45, 7) is 6.09. The van der Waals surface area contributed by atoms with Crippen LogP contribution in [0.1, 0.15) is 45.4 Å². The summed E-state index contributed by atoms with van der Waals surface area (Å²) in [5.41, 5.74) is 3.68. The van der Waals surface area contributed by atoms with Crippen LogP contribution in [-0.2, 0) is 19.4 Å². The quantitative estimate of drug-likeness (QED) is 0.262. The number of carbonyl (C=O) groups excluding carboxylic acids is 1. The van der Waals surface area contributed by atoms with Crippen LogP contribution in [0.15, 0.2) is 47.0 Å². The zero-order chi connectivity index (χ0) is 27.2. The Morgan fingerprint density at radius 1 is 1.08 bits per heavy atom. The third-order valence-electron chi connectivity index (χ3n) is 6.19. The number of aliphatic hydroxyl groups excluding tert-OH is 1. The summed E-state index contributed by atoms with van der Waals surface area (Å²) < 4.78 is 37.1. The molecule has 0 spiro atoms. The lowest BCUT2D eigenvalue weighted by atomic mass is 9.99. The minimum Gasteiger partial charge on any atom is -0.390 e. The van der Waals surface area contributed by atoms with Crippen LogP contribution in [0, 0.1) is 25.5 Å². The molecule has 11 heteroatoms. The van der Waals surface area contributed by atoms with Gasteiger partial charge in [0.1, 0.15) is 22.1 Å². The molecule has 200 valence electrons. The molecule has 0 radical (unpaired) electrons. The van der Waals surface area contributed by atoms with Crippen molar-refractivity contribution < 1.29 is 23.2 Å². The van der Waals surface area contributed by atoms with E-state index in [2.05, 4.69) is 38.4 Å². The number of rotatable bonds is 11. The van der Waals surface area contributed by atoms with Crippen LogP contribution < -0.4 is 10.6 Å². The number of hydrogen-bond acceptors (Lipinski definition) is 8. The standard InChI is InChI=1S/C27H29F2N5O3S/c1-4-17-6-5-7-18(8-17)13-30-14-23(35)22(11-19-9-20(28)12-21(29)10-19)31-27(36)24-15(2)33-37-25(24)26-16(3)32-34-38-26/h5-10,12,22-23,30,35H,4,11,13-14H2,1-3H3,(H,31,36)/t22-,23-/m0/s1. The van der Waals surface area contributed by atoms with E-state index in [4.69, 9.17) is 4.52 Å². The van der Waals surface area contributed by atoms with Gasteiger partial charge >= 0.3 is 0 Å². The van der Waals surface area contributed by atoms with Gasteiger partial charge in [-0.25, -0.2) is 8.78 Å². The molecule has 0 bridgehead atoms. The molecule has 0 saturated heterocycles. The molecule has 2 atom stereocenters. The van der Waals surface area contributed by atoms with E-state index in [-0.39, 0.29) is 24.3 Å². The van der Waals surface area contributed by atoms with Crippen molar-refractivity contribution in [1.82, 2.24) is 25.4 Å². The van der Waals surface area contributed by atoms with Gasteiger partial charge in [0, 0.05) is 19.2 Å². The van der Waals surface area contributed by atoms with Crippen molar-refractivity contribution >= 4 is 17.4 Å². The van der Waals surface area contributed by atoms with Crippen LogP contribution in [0.5, 0.6) is 0 Å². The molecular formula is C27H29F2N5O3S. The lowest BCUT2D eigenvalue weighted by Crippen LogP contribution is -2.48. The van der Waals surface area contributed by atoms with E-state index in [0.717, 1.165) is 29.6 Å². The van der Waals surface area contributed by atoms with Crippen molar-refractivity contribution in [2.75, 3.05) is 6.54 Å². The Hall–Kier alpha value is -3.54. The van der Waals surface area contributed by atoms with Gasteiger partial charge in [0.25, 0.3) is 5.91 Å². The van der Waals surface area contributed by atoms with Crippen molar-refractivity contribution in [3.05, 3.63) is 87.7 Å². The van der Waals surface area contributed by atoms with Crippen molar-refractivity contribution in [2.24, 2.45) is 0 Å². The fourth-order valence-electron chi connectivity index (χ4n) is 4.20. The van der Waals surface area contributed by atoms with Gasteiger partial charge in [-0.3, -0.25) is 4.79 Å². The summed E-state index contributed by atoms with van der Waals surface area (Å²) in [4.78, 5) is 14.0. The molecule has 1 amide bonds. The second kappa shape index (κ2) is 12.3. The molecule has 2 aromatic heterocycles. The van der Waals surface area contributed by atoms with Crippen LogP contribution in [0.2, 0.25) is 0 Å². The first-order chi connectivity index (χ1) is 18.2. The minimum atomic E-state index is -1.07. The largest absolute Gasteiger partial charge is 0.390 e. The molecule has 4 aromatic rings. The average molecular weight is 542 g/mol. The first-order valence-corrected chi connectivity index (χ1v) is 13.0. The van der Waals surface area contributed by atoms with Crippen LogP contribution in [0.25, 0.3) is 10.6 Å². The van der Waals surface area contributed by atoms with Crippen molar-refractivity contribution in [3.63, 3.8) is 0 Å². The summed E-state index contributed by atoms with van der Waals surface area (Å²) >= 11 is 1.07. The van der Waals surface area contributed by atoms with E-state index in [9.17, 15) is 18.7 Å². The molecule has 8 nitrogen and oxygen atoms in total. The fourth-order valence-corrected chi connectivity index (χ4v) is 4.84. The van der Waals surface area contributed by atoms with E-state index in [0.29, 0.717) is 28.4 Å². The number of amides is 1. The summed E-state index contributed by atoms with van der Waals surface area (Å²) in [6, 6.07) is 10.4. The van der Waals surface area contributed by atoms with E-state index in [1.807, 2.05) is 18.2 Å². The molecule has 4 rings (SSSR count). The highest BCUT2D eigenvalue weighted by molar-refractivity contribution is 7.09. The Morgan fingerprint density at radius 3 is 2.50 bits per heavy atom. The van der Waals surface area contributed by atoms with Crippen LogP contribution >= 0.6 is 11.5 Å². The number of aromatic nitrogens is 3. The normalized spacial score (nSPS) is 12.9. The first-order valence-electron chi connectivity index (χ1n) is 12.2. The number of aryl methyl sites for hydroxylation is 3. The molecule has 2 aromatic carbocycles. The number of aliphatic hydroxyl groups is 1. The average Bonchev–Trinajstić information content (AvgIpc) is 3.47. The zero-order valence-corrected chi connectivity index (χ0v) is 22.1. The lowest BCUT2D eigenvalue weighted by molar-refractivity contribution is 0.0829. The first kappa shape index (κ1) is 27.5. The van der Waals surface area contributed by atoms with Gasteiger partial charge in [0.05, 0.1) is 23.5 Å². The highest BCUT2D eigenvalue weighted by atomic mass is 32.1. The summed E-state index contributed by atoms with van der Waals surface area (Å²) in [5.74, 6) is -1.78. The number of benzene rings is 2. The van der Waals surface area contributed by atoms with E-state index in [1.165, 1.54) is 17.7 Å². The Kier molecular flexibility index (Phi) is 8.93. The molecule has 2 heterocycles. The van der Waals surface area contributed by atoms with Crippen LogP contribution in [-0.4, -0.2) is 44.4 Å². The number of nitrogens with one attached hydrogen (secondary N) is 2. The van der Waals surface area contributed by atoms with Crippen LogP contribution in [0.3, 0.4) is 0 Å². The Balaban J connectivity index is 1.53. The molecule has 0 aliphatic rings. The van der Waals surface area contributed by atoms with Crippen molar-refractivity contribution in [1.29, 1.82) is 0 Å². The van der Waals surface area contributed by atoms with Gasteiger partial charge in [-0.05, 0) is 67.0 Å². The summed E-state index contributed by atoms with van der Waals surface area (Å²) in [7, 11) is 0. The highest BCUT2D eigenvalue weighted by Crippen LogP contribution is 2.31. The Morgan fingerprint density at radius 2 is 1.82 bits per heavy atom. The third-order valence-corrected chi connectivity index (χ3v) is 7.02. The Bertz CT molecular complexity index is 1390. The van der Waals surface area contributed by atoms with Crippen molar-refractivity contribution in [2.45, 2.75) is 52.3 Å². The van der Waals surface area contributed by atoms with Gasteiger partial charge in [-0.2, -0.15) is 0 Å². The maximum absolute atomic E-state index is 13.9. The minimum absolute atomic E-state index is 0.00458. The van der Waals surface area contributed by atoms with Gasteiger partial charge in [-0.1, -0.05) is 40.8 Å². The van der Waals surface area contributed by atoms with E-state index >= 15 is 0 Å². The second-order valence-corrected chi connectivity index (χ2v) is 9.85. The summed E-state index contributed by atoms with van der Waals surface area (Å²) in [5, 5.41) is 25.0. The molecular weight excluding hydrogens is 512 g/mol. The molecule has 3 N–H and O–H groups in total. The summed E-state index contributed by atoms with van der Waals surface area (Å²) in [6.07, 6.45) is -0.166. The van der Waals surface area contributed by atoms with Gasteiger partial charge < -0.3 is 20.3 Å². The molecule has 0 aliphatic heterocycles. The van der Waals surface area contributed by atoms with Gasteiger partial charge in [0.15, 0.2) is 5.76 Å². The fraction of sp³-hybridized carbons (Fsp3) is 0.333. The van der Waals surface area contributed by atoms with Gasteiger partial charge in [-0.15, -0.1) is 5.10 Å². The monoisotopic (exact) mass is 541 g/mol. The molecule has 0 unspecified atom stereocenters. The smallest absolute Gasteiger partial charge is 0.257 e. The predicted octanol–water partition coefficient (Wildman–Crippen LogP) is 4.14. The topological polar surface area (TPSA) is 113 Å². The molecule has 0 saturated carbocycles.